The van der Waals surface area contributed by atoms with Gasteiger partial charge in [-0.2, -0.15) is 0 Å². The summed E-state index contributed by atoms with van der Waals surface area (Å²) in [6.07, 6.45) is 0.238. The minimum Gasteiger partial charge on any atom is -0.497 e. The van der Waals surface area contributed by atoms with E-state index in [1.807, 2.05) is 43.0 Å². The first kappa shape index (κ1) is 21.1. The summed E-state index contributed by atoms with van der Waals surface area (Å²) in [6, 6.07) is 7.42. The smallest absolute Gasteiger partial charge is 0.234 e. The van der Waals surface area contributed by atoms with Crippen molar-refractivity contribution in [1.29, 1.82) is 0 Å². The first-order chi connectivity index (χ1) is 13.9. The topological polar surface area (TPSA) is 82.2 Å². The highest BCUT2D eigenvalue weighted by Gasteiger charge is 2.38. The van der Waals surface area contributed by atoms with Gasteiger partial charge in [-0.05, 0) is 38.1 Å². The zero-order valence-corrected chi connectivity index (χ0v) is 17.4. The Bertz CT molecular complexity index is 742. The van der Waals surface area contributed by atoms with E-state index in [2.05, 4.69) is 10.2 Å². The van der Waals surface area contributed by atoms with Gasteiger partial charge >= 0.3 is 0 Å². The monoisotopic (exact) mass is 402 g/mol. The Kier molecular flexibility index (Phi) is 6.74. The van der Waals surface area contributed by atoms with E-state index < -0.39 is 0 Å². The number of carbonyl (C=O) groups is 3. The van der Waals surface area contributed by atoms with Crippen LogP contribution in [0.5, 0.6) is 5.75 Å². The first-order valence-corrected chi connectivity index (χ1v) is 10.1. The van der Waals surface area contributed by atoms with Gasteiger partial charge in [-0.25, -0.2) is 0 Å². The Morgan fingerprint density at radius 2 is 1.79 bits per heavy atom. The van der Waals surface area contributed by atoms with Crippen LogP contribution in [0.3, 0.4) is 0 Å². The molecular weight excluding hydrogens is 372 g/mol. The van der Waals surface area contributed by atoms with Gasteiger partial charge in [0.15, 0.2) is 0 Å². The predicted molar refractivity (Wildman–Crippen MR) is 110 cm³/mol. The second-order valence-corrected chi connectivity index (χ2v) is 7.93. The fourth-order valence-electron chi connectivity index (χ4n) is 3.84. The van der Waals surface area contributed by atoms with Crippen LogP contribution in [0, 0.1) is 5.92 Å². The lowest BCUT2D eigenvalue weighted by molar-refractivity contribution is -0.137. The predicted octanol–water partition coefficient (Wildman–Crippen LogP) is 0.717. The van der Waals surface area contributed by atoms with Crippen LogP contribution in [0.4, 0.5) is 5.69 Å². The maximum absolute atomic E-state index is 12.9. The Morgan fingerprint density at radius 1 is 1.14 bits per heavy atom. The maximum Gasteiger partial charge on any atom is 0.234 e. The lowest BCUT2D eigenvalue weighted by Gasteiger charge is -2.35. The molecule has 8 nitrogen and oxygen atoms in total. The standard InChI is InChI=1S/C21H30N4O4/c1-15(2)22-19(26)14-23-8-10-24(11-9-23)21(28)16-12-20(27)25(13-16)17-4-6-18(29-3)7-5-17/h4-7,15-16H,8-14H2,1-3H3,(H,22,26). The van der Waals surface area contributed by atoms with Gasteiger partial charge < -0.3 is 19.9 Å². The molecule has 0 aromatic heterocycles. The minimum absolute atomic E-state index is 0.0105. The summed E-state index contributed by atoms with van der Waals surface area (Å²) >= 11 is 0. The molecule has 0 spiro atoms. The van der Waals surface area contributed by atoms with Crippen molar-refractivity contribution >= 4 is 23.4 Å². The molecule has 29 heavy (non-hydrogen) atoms. The van der Waals surface area contributed by atoms with Gasteiger partial charge in [-0.1, -0.05) is 0 Å². The molecular formula is C21H30N4O4. The lowest BCUT2D eigenvalue weighted by atomic mass is 10.1. The van der Waals surface area contributed by atoms with Gasteiger partial charge in [0.1, 0.15) is 5.75 Å². The lowest BCUT2D eigenvalue weighted by Crippen LogP contribution is -2.52. The van der Waals surface area contributed by atoms with Crippen molar-refractivity contribution in [2.45, 2.75) is 26.3 Å². The van der Waals surface area contributed by atoms with Crippen LogP contribution in [-0.2, 0) is 14.4 Å². The molecule has 2 fully saturated rings. The van der Waals surface area contributed by atoms with Crippen LogP contribution in [0.25, 0.3) is 0 Å². The van der Waals surface area contributed by atoms with Crippen LogP contribution >= 0.6 is 0 Å². The van der Waals surface area contributed by atoms with E-state index in [0.717, 1.165) is 11.4 Å². The molecule has 3 amide bonds. The third-order valence-corrected chi connectivity index (χ3v) is 5.36. The summed E-state index contributed by atoms with van der Waals surface area (Å²) in [6.45, 7) is 7.13. The molecule has 3 rings (SSSR count). The average molecular weight is 402 g/mol. The molecule has 0 aliphatic carbocycles. The van der Waals surface area contributed by atoms with Gasteiger partial charge in [0.2, 0.25) is 17.7 Å². The quantitative estimate of drug-likeness (QED) is 0.758. The number of carbonyl (C=O) groups excluding carboxylic acids is 3. The number of amides is 3. The molecule has 1 unspecified atom stereocenters. The van der Waals surface area contributed by atoms with Crippen LogP contribution < -0.4 is 15.0 Å². The van der Waals surface area contributed by atoms with E-state index in [4.69, 9.17) is 4.74 Å². The summed E-state index contributed by atoms with van der Waals surface area (Å²) < 4.78 is 5.16. The Hall–Kier alpha value is -2.61. The molecule has 2 heterocycles. The summed E-state index contributed by atoms with van der Waals surface area (Å²) in [5.41, 5.74) is 0.784. The van der Waals surface area contributed by atoms with Crippen LogP contribution in [0.2, 0.25) is 0 Å². The van der Waals surface area contributed by atoms with Gasteiger partial charge in [-0.3, -0.25) is 19.3 Å². The van der Waals surface area contributed by atoms with E-state index in [9.17, 15) is 14.4 Å². The number of hydrogen-bond acceptors (Lipinski definition) is 5. The molecule has 8 heteroatoms. The van der Waals surface area contributed by atoms with Crippen molar-refractivity contribution in [3.05, 3.63) is 24.3 Å². The molecule has 1 aromatic rings. The zero-order chi connectivity index (χ0) is 21.0. The van der Waals surface area contributed by atoms with Crippen molar-refractivity contribution in [3.63, 3.8) is 0 Å². The average Bonchev–Trinajstić information content (AvgIpc) is 3.09. The molecule has 1 atom stereocenters. The fourth-order valence-corrected chi connectivity index (χ4v) is 3.84. The van der Waals surface area contributed by atoms with Crippen molar-refractivity contribution in [2.24, 2.45) is 5.92 Å². The number of methoxy groups -OCH3 is 1. The van der Waals surface area contributed by atoms with E-state index in [0.29, 0.717) is 39.3 Å². The molecule has 1 N–H and O–H groups in total. The second kappa shape index (κ2) is 9.26. The third kappa shape index (κ3) is 5.26. The maximum atomic E-state index is 12.9. The number of anilines is 1. The second-order valence-electron chi connectivity index (χ2n) is 7.93. The number of hydrogen-bond donors (Lipinski definition) is 1. The SMILES string of the molecule is COc1ccc(N2CC(C(=O)N3CCN(CC(=O)NC(C)C)CC3)CC2=O)cc1. The number of ether oxygens (including phenoxy) is 1. The van der Waals surface area contributed by atoms with Crippen molar-refractivity contribution in [3.8, 4) is 5.75 Å². The van der Waals surface area contributed by atoms with Crippen LogP contribution in [0.1, 0.15) is 20.3 Å². The van der Waals surface area contributed by atoms with E-state index in [-0.39, 0.29) is 36.1 Å². The minimum atomic E-state index is -0.319. The summed E-state index contributed by atoms with van der Waals surface area (Å²) in [5.74, 6) is 0.419. The van der Waals surface area contributed by atoms with Crippen molar-refractivity contribution in [1.82, 2.24) is 15.1 Å². The molecule has 2 saturated heterocycles. The highest BCUT2D eigenvalue weighted by Crippen LogP contribution is 2.28. The number of rotatable bonds is 6. The molecule has 158 valence electrons. The number of piperazine rings is 1. The highest BCUT2D eigenvalue weighted by molar-refractivity contribution is 6.00. The van der Waals surface area contributed by atoms with E-state index in [1.165, 1.54) is 0 Å². The van der Waals surface area contributed by atoms with Crippen LogP contribution in [-0.4, -0.2) is 79.9 Å². The van der Waals surface area contributed by atoms with Crippen molar-refractivity contribution in [2.75, 3.05) is 51.3 Å². The van der Waals surface area contributed by atoms with Gasteiger partial charge in [0.25, 0.3) is 0 Å². The van der Waals surface area contributed by atoms with Gasteiger partial charge in [0.05, 0.1) is 19.6 Å². The largest absolute Gasteiger partial charge is 0.497 e. The molecule has 1 aromatic carbocycles. The van der Waals surface area contributed by atoms with Crippen LogP contribution in [0.15, 0.2) is 24.3 Å². The molecule has 0 bridgehead atoms. The fraction of sp³-hybridized carbons (Fsp3) is 0.571. The zero-order valence-electron chi connectivity index (χ0n) is 17.4. The summed E-state index contributed by atoms with van der Waals surface area (Å²) in [5, 5.41) is 2.89. The highest BCUT2D eigenvalue weighted by atomic mass is 16.5. The Morgan fingerprint density at radius 3 is 2.38 bits per heavy atom. The Balaban J connectivity index is 1.51. The molecule has 2 aliphatic heterocycles. The summed E-state index contributed by atoms with van der Waals surface area (Å²) in [7, 11) is 1.60. The van der Waals surface area contributed by atoms with E-state index in [1.54, 1.807) is 12.0 Å². The number of nitrogens with zero attached hydrogens (tertiary/aromatic N) is 3. The Labute approximate surface area is 171 Å². The molecule has 0 radical (unpaired) electrons. The normalized spacial score (nSPS) is 20.3. The molecule has 2 aliphatic rings. The number of benzene rings is 1. The molecule has 0 saturated carbocycles. The van der Waals surface area contributed by atoms with E-state index >= 15 is 0 Å². The first-order valence-electron chi connectivity index (χ1n) is 10.1. The number of nitrogens with one attached hydrogen (secondary N) is 1. The van der Waals surface area contributed by atoms with Crippen molar-refractivity contribution < 1.29 is 19.1 Å². The van der Waals surface area contributed by atoms with Gasteiger partial charge in [-0.15, -0.1) is 0 Å². The summed E-state index contributed by atoms with van der Waals surface area (Å²) in [4.78, 5) is 42.9. The van der Waals surface area contributed by atoms with Gasteiger partial charge in [0, 0.05) is 50.9 Å². The third-order valence-electron chi connectivity index (χ3n) is 5.36.